The first-order valence-electron chi connectivity index (χ1n) is 5.28. The number of allylic oxidation sites excluding steroid dienone is 8. The largest absolute Gasteiger partial charge is 0.312 e. The number of hydrogen-bond acceptors (Lipinski definition) is 1. The zero-order valence-electron chi connectivity index (χ0n) is 10.6. The second-order valence-electron chi connectivity index (χ2n) is 4.12. The van der Waals surface area contributed by atoms with Crippen molar-refractivity contribution in [2.45, 2.75) is 12.8 Å². The molecular weight excluding hydrogens is 420 g/mol. The molecule has 2 aliphatic rings. The number of nitrogens with zero attached hydrogens (tertiary/aromatic N) is 1. The van der Waals surface area contributed by atoms with E-state index >= 15 is 0 Å². The molecule has 0 bridgehead atoms. The van der Waals surface area contributed by atoms with E-state index in [4.69, 9.17) is 0 Å². The van der Waals surface area contributed by atoms with Gasteiger partial charge in [0.2, 0.25) is 0 Å². The van der Waals surface area contributed by atoms with Gasteiger partial charge in [-0.3, -0.25) is 0 Å². The van der Waals surface area contributed by atoms with E-state index in [1.54, 1.807) is 6.66 Å². The first-order valence-corrected chi connectivity index (χ1v) is 8.87. The van der Waals surface area contributed by atoms with E-state index in [1.807, 2.05) is 26.0 Å². The smallest absolute Gasteiger partial charge is 0.0140 e. The molecule has 0 radical (unpaired) electrons. The van der Waals surface area contributed by atoms with E-state index in [1.165, 1.54) is 12.8 Å². The monoisotopic (exact) mass is 441 g/mol. The molecule has 0 heterocycles. The van der Waals surface area contributed by atoms with Crippen molar-refractivity contribution >= 4 is 24.8 Å². The molecule has 2 rings (SSSR count). The van der Waals surface area contributed by atoms with Crippen LogP contribution in [0.25, 0.3) is 0 Å². The zero-order chi connectivity index (χ0) is 11.1. The maximum Gasteiger partial charge on any atom is -0.0140 e. The Hall–Kier alpha value is 0.370. The van der Waals surface area contributed by atoms with E-state index in [0.29, 0.717) is 0 Å². The fourth-order valence-corrected chi connectivity index (χ4v) is 5.64. The second kappa shape index (κ2) is 11.5. The van der Waals surface area contributed by atoms with E-state index in [-0.39, 0.29) is 24.8 Å². The normalized spacial score (nSPS) is 15.3. The van der Waals surface area contributed by atoms with Gasteiger partial charge in [-0.25, -0.2) is 0 Å². The molecule has 2 aliphatic carbocycles. The second-order valence-corrected chi connectivity index (χ2v) is 9.63. The molecule has 0 aromatic heterocycles. The topological polar surface area (TPSA) is 3.24 Å². The van der Waals surface area contributed by atoms with Gasteiger partial charge in [0.25, 0.3) is 0 Å². The van der Waals surface area contributed by atoms with Crippen LogP contribution >= 0.6 is 24.8 Å². The third kappa shape index (κ3) is 10.0. The van der Waals surface area contributed by atoms with Crippen LogP contribution in [0.2, 0.25) is 0 Å². The van der Waals surface area contributed by atoms with Crippen molar-refractivity contribution in [1.29, 1.82) is 0 Å². The summed E-state index contributed by atoms with van der Waals surface area (Å²) in [4.78, 5) is 2.00. The number of halogens is 2. The molecule has 0 aromatic rings. The van der Waals surface area contributed by atoms with E-state index in [9.17, 15) is 0 Å². The van der Waals surface area contributed by atoms with Crippen LogP contribution in [0.1, 0.15) is 12.8 Å². The Morgan fingerprint density at radius 1 is 0.882 bits per heavy atom. The van der Waals surface area contributed by atoms with Crippen molar-refractivity contribution in [1.82, 2.24) is 4.90 Å². The SMILES string of the molecule is C1=CC[C]([Hf][C]2=CC=CC2)=C1.CN(C)C.Cl.Cl. The Balaban J connectivity index is 0. The molecule has 0 unspecified atom stereocenters. The standard InChI is InChI=1S/2C5H5.C3H9N.2ClH.Hf/c2*1-2-4-5-3-1;1-4(2)3;;;/h2*1-3H,4H2;1-3H3;2*1H;. The average molecular weight is 441 g/mol. The fraction of sp³-hybridized carbons (Fsp3) is 0.385. The summed E-state index contributed by atoms with van der Waals surface area (Å²) >= 11 is -0.526. The van der Waals surface area contributed by atoms with Crippen LogP contribution in [0.15, 0.2) is 43.1 Å². The van der Waals surface area contributed by atoms with Crippen molar-refractivity contribution in [3.63, 3.8) is 0 Å². The Morgan fingerprint density at radius 3 is 1.47 bits per heavy atom. The maximum absolute atomic E-state index is 2.32. The molecule has 0 amide bonds. The van der Waals surface area contributed by atoms with Gasteiger partial charge >= 0.3 is 78.9 Å². The summed E-state index contributed by atoms with van der Waals surface area (Å²) < 4.78 is 3.50. The molecule has 4 heteroatoms. The fourth-order valence-electron chi connectivity index (χ4n) is 1.29. The van der Waals surface area contributed by atoms with Gasteiger partial charge in [0.1, 0.15) is 0 Å². The Morgan fingerprint density at radius 2 is 1.24 bits per heavy atom. The van der Waals surface area contributed by atoms with Gasteiger partial charge in [-0.1, -0.05) is 0 Å². The zero-order valence-corrected chi connectivity index (χ0v) is 15.9. The molecule has 17 heavy (non-hydrogen) atoms. The van der Waals surface area contributed by atoms with Gasteiger partial charge < -0.3 is 4.90 Å². The van der Waals surface area contributed by atoms with Crippen LogP contribution < -0.4 is 0 Å². The molecule has 0 atom stereocenters. The molecule has 96 valence electrons. The molecule has 0 aromatic carbocycles. The van der Waals surface area contributed by atoms with Gasteiger partial charge in [0.15, 0.2) is 0 Å². The molecule has 0 aliphatic heterocycles. The van der Waals surface area contributed by atoms with Gasteiger partial charge in [0.05, 0.1) is 0 Å². The first-order chi connectivity index (χ1) is 7.18. The molecular formula is C13H21Cl2HfN. The third-order valence-corrected chi connectivity index (χ3v) is 6.84. The summed E-state index contributed by atoms with van der Waals surface area (Å²) in [6.07, 6.45) is 16.1. The summed E-state index contributed by atoms with van der Waals surface area (Å²) in [5.74, 6) is 0. The van der Waals surface area contributed by atoms with Gasteiger partial charge in [-0.15, -0.1) is 24.8 Å². The summed E-state index contributed by atoms with van der Waals surface area (Å²) in [7, 11) is 6.00. The summed E-state index contributed by atoms with van der Waals surface area (Å²) in [6.45, 7) is 0. The van der Waals surface area contributed by atoms with Crippen molar-refractivity contribution in [2.75, 3.05) is 21.1 Å². The summed E-state index contributed by atoms with van der Waals surface area (Å²) in [5.41, 5.74) is 0. The quantitative estimate of drug-likeness (QED) is 0.591. The molecule has 0 fully saturated rings. The van der Waals surface area contributed by atoms with Gasteiger partial charge in [-0.05, 0) is 21.1 Å². The van der Waals surface area contributed by atoms with E-state index < -0.39 is 22.9 Å². The number of rotatable bonds is 2. The molecule has 0 saturated carbocycles. The average Bonchev–Trinajstić information content (AvgIpc) is 2.76. The van der Waals surface area contributed by atoms with Crippen molar-refractivity contribution in [2.24, 2.45) is 0 Å². The van der Waals surface area contributed by atoms with Crippen molar-refractivity contribution in [3.05, 3.63) is 43.1 Å². The Labute approximate surface area is 129 Å². The van der Waals surface area contributed by atoms with Gasteiger partial charge in [-0.2, -0.15) is 0 Å². The Bertz CT molecular complexity index is 287. The Kier molecular flexibility index (Phi) is 13.3. The molecule has 0 spiro atoms. The van der Waals surface area contributed by atoms with Crippen molar-refractivity contribution < 1.29 is 22.9 Å². The summed E-state index contributed by atoms with van der Waals surface area (Å²) in [5, 5.41) is 0. The minimum absolute atomic E-state index is 0. The minimum Gasteiger partial charge on any atom is -0.312 e. The van der Waals surface area contributed by atoms with Crippen LogP contribution in [0.4, 0.5) is 0 Å². The van der Waals surface area contributed by atoms with E-state index in [2.05, 4.69) is 36.5 Å². The molecule has 1 nitrogen and oxygen atoms in total. The minimum atomic E-state index is -0.526. The van der Waals surface area contributed by atoms with Crippen molar-refractivity contribution in [3.8, 4) is 0 Å². The third-order valence-electron chi connectivity index (χ3n) is 1.86. The summed E-state index contributed by atoms with van der Waals surface area (Å²) in [6, 6.07) is 0. The van der Waals surface area contributed by atoms with Crippen LogP contribution in [-0.2, 0) is 22.9 Å². The van der Waals surface area contributed by atoms with Crippen LogP contribution in [-0.4, -0.2) is 26.0 Å². The van der Waals surface area contributed by atoms with Crippen LogP contribution in [0, 0.1) is 0 Å². The van der Waals surface area contributed by atoms with Crippen LogP contribution in [0.5, 0.6) is 0 Å². The number of hydrogen-bond donors (Lipinski definition) is 0. The first kappa shape index (κ1) is 19.7. The predicted molar refractivity (Wildman–Crippen MR) is 77.8 cm³/mol. The van der Waals surface area contributed by atoms with Crippen LogP contribution in [0.3, 0.4) is 0 Å². The van der Waals surface area contributed by atoms with E-state index in [0.717, 1.165) is 0 Å². The predicted octanol–water partition coefficient (Wildman–Crippen LogP) is 3.78. The molecule has 0 saturated heterocycles. The molecule has 0 N–H and O–H groups in total. The maximum atomic E-state index is 2.32. The van der Waals surface area contributed by atoms with Gasteiger partial charge in [0, 0.05) is 0 Å².